The van der Waals surface area contributed by atoms with Crippen LogP contribution >= 0.6 is 0 Å². The number of esters is 1. The Morgan fingerprint density at radius 1 is 1.15 bits per heavy atom. The number of hydrogen-bond donors (Lipinski definition) is 1. The second kappa shape index (κ2) is 10.1. The zero-order valence-corrected chi connectivity index (χ0v) is 13.0. The molecule has 0 aromatic carbocycles. The number of piperazine rings is 1. The summed E-state index contributed by atoms with van der Waals surface area (Å²) >= 11 is 0. The Hall–Kier alpha value is -0.650. The molecule has 0 radical (unpaired) electrons. The van der Waals surface area contributed by atoms with Crippen LogP contribution in [-0.4, -0.2) is 72.9 Å². The average molecular weight is 286 g/mol. The first-order valence-electron chi connectivity index (χ1n) is 7.93. The molecule has 1 atom stereocenters. The van der Waals surface area contributed by atoms with E-state index < -0.39 is 0 Å². The Morgan fingerprint density at radius 2 is 1.80 bits per heavy atom. The first kappa shape index (κ1) is 17.4. The Labute approximate surface area is 122 Å². The highest BCUT2D eigenvalue weighted by atomic mass is 16.5. The summed E-state index contributed by atoms with van der Waals surface area (Å²) in [5.74, 6) is -0.107. The predicted molar refractivity (Wildman–Crippen MR) is 79.7 cm³/mol. The van der Waals surface area contributed by atoms with Gasteiger partial charge in [0.1, 0.15) is 6.04 Å². The Bertz CT molecular complexity index is 266. The highest BCUT2D eigenvalue weighted by Crippen LogP contribution is 2.09. The molecule has 5 nitrogen and oxygen atoms in total. The Kier molecular flexibility index (Phi) is 8.82. The number of unbranched alkanes of at least 4 members (excludes halogenated alkanes) is 3. The van der Waals surface area contributed by atoms with Crippen molar-refractivity contribution in [3.05, 3.63) is 0 Å². The minimum atomic E-state index is -0.123. The molecule has 0 bridgehead atoms. The molecule has 1 aliphatic heterocycles. The lowest BCUT2D eigenvalue weighted by molar-refractivity contribution is -0.149. The fourth-order valence-electron chi connectivity index (χ4n) is 2.59. The quantitative estimate of drug-likeness (QED) is 0.508. The molecule has 1 heterocycles. The van der Waals surface area contributed by atoms with Crippen molar-refractivity contribution in [3.8, 4) is 0 Å². The van der Waals surface area contributed by atoms with E-state index in [1.165, 1.54) is 12.8 Å². The summed E-state index contributed by atoms with van der Waals surface area (Å²) in [5.41, 5.74) is 0. The van der Waals surface area contributed by atoms with Gasteiger partial charge in [0.25, 0.3) is 0 Å². The van der Waals surface area contributed by atoms with Crippen LogP contribution in [0, 0.1) is 0 Å². The third-order valence-corrected chi connectivity index (χ3v) is 3.96. The fourth-order valence-corrected chi connectivity index (χ4v) is 2.59. The number of aliphatic hydroxyl groups is 1. The van der Waals surface area contributed by atoms with E-state index in [4.69, 9.17) is 9.84 Å². The van der Waals surface area contributed by atoms with Crippen molar-refractivity contribution in [1.29, 1.82) is 0 Å². The lowest BCUT2D eigenvalue weighted by Gasteiger charge is -2.37. The smallest absolute Gasteiger partial charge is 0.323 e. The summed E-state index contributed by atoms with van der Waals surface area (Å²) in [4.78, 5) is 16.4. The zero-order valence-electron chi connectivity index (χ0n) is 13.0. The molecule has 0 aromatic heterocycles. The third-order valence-electron chi connectivity index (χ3n) is 3.96. The van der Waals surface area contributed by atoms with E-state index in [1.54, 1.807) is 0 Å². The van der Waals surface area contributed by atoms with Crippen LogP contribution < -0.4 is 0 Å². The van der Waals surface area contributed by atoms with Crippen LogP contribution in [-0.2, 0) is 9.53 Å². The highest BCUT2D eigenvalue weighted by molar-refractivity contribution is 5.75. The van der Waals surface area contributed by atoms with Crippen LogP contribution in [0.2, 0.25) is 0 Å². The van der Waals surface area contributed by atoms with Gasteiger partial charge >= 0.3 is 5.97 Å². The van der Waals surface area contributed by atoms with E-state index in [2.05, 4.69) is 9.80 Å². The molecule has 0 aliphatic carbocycles. The van der Waals surface area contributed by atoms with E-state index in [0.29, 0.717) is 13.2 Å². The molecule has 20 heavy (non-hydrogen) atoms. The second-order valence-electron chi connectivity index (χ2n) is 5.44. The predicted octanol–water partition coefficient (Wildman–Crippen LogP) is 1.11. The fraction of sp³-hybridized carbons (Fsp3) is 0.933. The van der Waals surface area contributed by atoms with Gasteiger partial charge in [0.05, 0.1) is 6.61 Å². The van der Waals surface area contributed by atoms with Crippen LogP contribution in [0.1, 0.15) is 39.5 Å². The molecule has 1 saturated heterocycles. The molecule has 0 saturated carbocycles. The number of aliphatic hydroxyl groups excluding tert-OH is 1. The van der Waals surface area contributed by atoms with Gasteiger partial charge in [-0.2, -0.15) is 0 Å². The summed E-state index contributed by atoms with van der Waals surface area (Å²) < 4.78 is 5.07. The van der Waals surface area contributed by atoms with Crippen molar-refractivity contribution in [1.82, 2.24) is 9.80 Å². The molecule has 0 aromatic rings. The van der Waals surface area contributed by atoms with Gasteiger partial charge in [0, 0.05) is 32.8 Å². The number of hydrogen-bond acceptors (Lipinski definition) is 5. The molecule has 118 valence electrons. The van der Waals surface area contributed by atoms with Crippen molar-refractivity contribution in [2.24, 2.45) is 0 Å². The number of carbonyl (C=O) groups excluding carboxylic acids is 1. The molecule has 1 rings (SSSR count). The van der Waals surface area contributed by atoms with Gasteiger partial charge in [0.2, 0.25) is 0 Å². The Morgan fingerprint density at radius 3 is 2.40 bits per heavy atom. The normalized spacial score (nSPS) is 18.9. The topological polar surface area (TPSA) is 53.0 Å². The van der Waals surface area contributed by atoms with Crippen molar-refractivity contribution in [3.63, 3.8) is 0 Å². The number of nitrogens with zero attached hydrogens (tertiary/aromatic N) is 2. The van der Waals surface area contributed by atoms with Crippen LogP contribution in [0.4, 0.5) is 0 Å². The molecule has 0 spiro atoms. The van der Waals surface area contributed by atoms with Crippen LogP contribution in [0.5, 0.6) is 0 Å². The lowest BCUT2D eigenvalue weighted by Crippen LogP contribution is -2.52. The minimum Gasteiger partial charge on any atom is -0.465 e. The van der Waals surface area contributed by atoms with Gasteiger partial charge in [-0.1, -0.05) is 12.8 Å². The first-order chi connectivity index (χ1) is 9.69. The molecule has 1 aliphatic rings. The summed E-state index contributed by atoms with van der Waals surface area (Å²) in [7, 11) is 0. The van der Waals surface area contributed by atoms with Crippen LogP contribution in [0.15, 0.2) is 0 Å². The number of rotatable bonds is 9. The van der Waals surface area contributed by atoms with E-state index >= 15 is 0 Å². The lowest BCUT2D eigenvalue weighted by atomic mass is 10.1. The maximum absolute atomic E-state index is 11.7. The standard InChI is InChI=1S/C15H30N2O3/c1-3-20-15(19)14(2)17-11-9-16(10-12-17)8-6-4-5-7-13-18/h14,18H,3-13H2,1-2H3. The molecule has 1 unspecified atom stereocenters. The largest absolute Gasteiger partial charge is 0.465 e. The van der Waals surface area contributed by atoms with Crippen molar-refractivity contribution in [2.45, 2.75) is 45.6 Å². The molecule has 1 N–H and O–H groups in total. The first-order valence-corrected chi connectivity index (χ1v) is 7.93. The van der Waals surface area contributed by atoms with Gasteiger partial charge in [-0.25, -0.2) is 0 Å². The molecule has 1 fully saturated rings. The molecular formula is C15H30N2O3. The highest BCUT2D eigenvalue weighted by Gasteiger charge is 2.25. The van der Waals surface area contributed by atoms with E-state index in [0.717, 1.165) is 45.6 Å². The average Bonchev–Trinajstić information content (AvgIpc) is 2.47. The second-order valence-corrected chi connectivity index (χ2v) is 5.44. The van der Waals surface area contributed by atoms with E-state index in [1.807, 2.05) is 13.8 Å². The number of carbonyl (C=O) groups is 1. The van der Waals surface area contributed by atoms with E-state index in [9.17, 15) is 4.79 Å². The van der Waals surface area contributed by atoms with Crippen LogP contribution in [0.25, 0.3) is 0 Å². The summed E-state index contributed by atoms with van der Waals surface area (Å²) in [6, 6.07) is -0.123. The van der Waals surface area contributed by atoms with Gasteiger partial charge in [-0.3, -0.25) is 9.69 Å². The summed E-state index contributed by atoms with van der Waals surface area (Å²) in [6.45, 7) is 9.62. The third kappa shape index (κ3) is 6.20. The van der Waals surface area contributed by atoms with Crippen molar-refractivity contribution in [2.75, 3.05) is 45.9 Å². The maximum atomic E-state index is 11.7. The van der Waals surface area contributed by atoms with Gasteiger partial charge < -0.3 is 14.7 Å². The van der Waals surface area contributed by atoms with Gasteiger partial charge in [0.15, 0.2) is 0 Å². The zero-order chi connectivity index (χ0) is 14.8. The number of ether oxygens (including phenoxy) is 1. The van der Waals surface area contributed by atoms with Gasteiger partial charge in [-0.05, 0) is 33.2 Å². The monoisotopic (exact) mass is 286 g/mol. The van der Waals surface area contributed by atoms with E-state index in [-0.39, 0.29) is 12.0 Å². The summed E-state index contributed by atoms with van der Waals surface area (Å²) in [6.07, 6.45) is 4.44. The molecule has 0 amide bonds. The molecule has 5 heteroatoms. The molecular weight excluding hydrogens is 256 g/mol. The SMILES string of the molecule is CCOC(=O)C(C)N1CCN(CCCCCCO)CC1. The van der Waals surface area contributed by atoms with Gasteiger partial charge in [-0.15, -0.1) is 0 Å². The van der Waals surface area contributed by atoms with Crippen molar-refractivity contribution < 1.29 is 14.6 Å². The summed E-state index contributed by atoms with van der Waals surface area (Å²) in [5, 5.41) is 8.72. The van der Waals surface area contributed by atoms with Crippen LogP contribution in [0.3, 0.4) is 0 Å². The van der Waals surface area contributed by atoms with Crippen molar-refractivity contribution >= 4 is 5.97 Å². The minimum absolute atomic E-state index is 0.107. The Balaban J connectivity index is 2.14. The maximum Gasteiger partial charge on any atom is 0.323 e.